The van der Waals surface area contributed by atoms with Gasteiger partial charge in [0, 0.05) is 18.2 Å². The van der Waals surface area contributed by atoms with Crippen molar-refractivity contribution in [2.45, 2.75) is 13.8 Å². The summed E-state index contributed by atoms with van der Waals surface area (Å²) in [6.45, 7) is 3.02. The number of ether oxygens (including phenoxy) is 1. The van der Waals surface area contributed by atoms with Crippen molar-refractivity contribution in [2.24, 2.45) is 0 Å². The molecule has 2 aromatic heterocycles. The molecule has 10 nitrogen and oxygen atoms in total. The van der Waals surface area contributed by atoms with E-state index < -0.39 is 17.4 Å². The third kappa shape index (κ3) is 4.41. The number of aryl methyl sites for hydroxylation is 1. The molecule has 3 aromatic carbocycles. The van der Waals surface area contributed by atoms with Gasteiger partial charge in [-0.2, -0.15) is 9.50 Å². The summed E-state index contributed by atoms with van der Waals surface area (Å²) in [6, 6.07) is 21.1. The number of fused-ring (bicyclic) bond motifs is 2. The molecule has 6 rings (SSSR count). The van der Waals surface area contributed by atoms with E-state index in [-0.39, 0.29) is 39.1 Å². The van der Waals surface area contributed by atoms with Gasteiger partial charge in [0.05, 0.1) is 16.8 Å². The average Bonchev–Trinajstić information content (AvgIpc) is 3.56. The number of nitrogens with zero attached hydrogens (tertiary/aromatic N) is 4. The molecule has 11 heteroatoms. The van der Waals surface area contributed by atoms with Crippen molar-refractivity contribution >= 4 is 51.0 Å². The Morgan fingerprint density at radius 2 is 1.65 bits per heavy atom. The minimum atomic E-state index is -0.507. The number of benzene rings is 3. The van der Waals surface area contributed by atoms with E-state index in [0.29, 0.717) is 22.5 Å². The van der Waals surface area contributed by atoms with E-state index in [0.717, 1.165) is 21.4 Å². The van der Waals surface area contributed by atoms with Gasteiger partial charge >= 0.3 is 5.97 Å². The van der Waals surface area contributed by atoms with E-state index in [9.17, 15) is 19.2 Å². The maximum absolute atomic E-state index is 13.7. The van der Waals surface area contributed by atoms with Gasteiger partial charge in [-0.1, -0.05) is 59.4 Å². The van der Waals surface area contributed by atoms with E-state index >= 15 is 0 Å². The van der Waals surface area contributed by atoms with Gasteiger partial charge in [0.1, 0.15) is 16.8 Å². The van der Waals surface area contributed by atoms with E-state index in [1.54, 1.807) is 60.7 Å². The van der Waals surface area contributed by atoms with Gasteiger partial charge in [0.25, 0.3) is 11.5 Å². The quantitative estimate of drug-likeness (QED) is 0.263. The Bertz CT molecular complexity index is 1940. The van der Waals surface area contributed by atoms with Crippen LogP contribution in [-0.4, -0.2) is 38.9 Å². The average molecular weight is 552 g/mol. The number of para-hydroxylation sites is 2. The van der Waals surface area contributed by atoms with Crippen LogP contribution in [0.2, 0.25) is 0 Å². The number of hydrogen-bond acceptors (Lipinski definition) is 8. The fraction of sp³-hybridized carbons (Fsp3) is 0.103. The van der Waals surface area contributed by atoms with Gasteiger partial charge in [-0.3, -0.25) is 24.1 Å². The third-order valence-electron chi connectivity index (χ3n) is 6.33. The van der Waals surface area contributed by atoms with Crippen LogP contribution in [0.25, 0.3) is 21.9 Å². The SMILES string of the molecule is CC(=O)Oc1ccccc1-c1nc2s/c(=C3\C(=O)N(CC(=O)Nc4ccc(C)cc4)c4ccccc43)c(=O)n2n1. The molecule has 0 radical (unpaired) electrons. The van der Waals surface area contributed by atoms with Crippen molar-refractivity contribution in [3.63, 3.8) is 0 Å². The molecule has 0 aliphatic carbocycles. The molecule has 0 bridgehead atoms. The lowest BCUT2D eigenvalue weighted by molar-refractivity contribution is -0.131. The second kappa shape index (κ2) is 9.86. The van der Waals surface area contributed by atoms with E-state index in [1.807, 2.05) is 19.1 Å². The third-order valence-corrected chi connectivity index (χ3v) is 7.36. The van der Waals surface area contributed by atoms with E-state index in [4.69, 9.17) is 4.74 Å². The largest absolute Gasteiger partial charge is 0.426 e. The van der Waals surface area contributed by atoms with E-state index in [2.05, 4.69) is 15.4 Å². The molecular weight excluding hydrogens is 530 g/mol. The summed E-state index contributed by atoms with van der Waals surface area (Å²) in [5, 5.41) is 7.17. The summed E-state index contributed by atoms with van der Waals surface area (Å²) in [5.74, 6) is -0.831. The number of nitrogens with one attached hydrogen (secondary N) is 1. The zero-order valence-corrected chi connectivity index (χ0v) is 22.2. The van der Waals surface area contributed by atoms with Crippen LogP contribution < -0.4 is 25.0 Å². The van der Waals surface area contributed by atoms with Gasteiger partial charge in [-0.05, 0) is 37.3 Å². The van der Waals surface area contributed by atoms with Crippen LogP contribution in [0.5, 0.6) is 5.75 Å². The molecule has 0 unspecified atom stereocenters. The molecule has 0 fully saturated rings. The second-order valence-corrected chi connectivity index (χ2v) is 10.1. The second-order valence-electron chi connectivity index (χ2n) is 9.15. The van der Waals surface area contributed by atoms with Crippen molar-refractivity contribution in [3.05, 3.63) is 98.8 Å². The Morgan fingerprint density at radius 1 is 0.950 bits per heavy atom. The first kappa shape index (κ1) is 25.1. The van der Waals surface area contributed by atoms with Gasteiger partial charge < -0.3 is 10.1 Å². The molecule has 1 N–H and O–H groups in total. The smallest absolute Gasteiger partial charge is 0.308 e. The number of aromatic nitrogens is 3. The van der Waals surface area contributed by atoms with Gasteiger partial charge in [0.2, 0.25) is 10.9 Å². The monoisotopic (exact) mass is 551 g/mol. The fourth-order valence-electron chi connectivity index (χ4n) is 4.53. The van der Waals surface area contributed by atoms with Crippen LogP contribution in [-0.2, 0) is 14.4 Å². The molecule has 0 saturated carbocycles. The predicted molar refractivity (Wildman–Crippen MR) is 150 cm³/mol. The van der Waals surface area contributed by atoms with Crippen molar-refractivity contribution in [2.75, 3.05) is 16.8 Å². The van der Waals surface area contributed by atoms with Crippen molar-refractivity contribution in [1.29, 1.82) is 0 Å². The summed E-state index contributed by atoms with van der Waals surface area (Å²) >= 11 is 1.03. The highest BCUT2D eigenvalue weighted by Crippen LogP contribution is 2.35. The van der Waals surface area contributed by atoms with Gasteiger partial charge in [-0.25, -0.2) is 0 Å². The Labute approximate surface area is 231 Å². The number of rotatable bonds is 5. The normalized spacial score (nSPS) is 13.9. The standard InChI is InChI=1S/C29H21N5O5S/c1-16-11-13-18(14-12-16)30-23(36)15-33-21-9-5-3-7-19(21)24(27(33)37)25-28(38)34-29(40-25)31-26(32-34)20-8-4-6-10-22(20)39-17(2)35/h3-14H,15H2,1-2H3,(H,30,36)/b25-24-. The van der Waals surface area contributed by atoms with Crippen molar-refractivity contribution in [1.82, 2.24) is 14.6 Å². The Hall–Kier alpha value is -5.16. The zero-order chi connectivity index (χ0) is 28.0. The van der Waals surface area contributed by atoms with Crippen LogP contribution in [0.3, 0.4) is 0 Å². The molecule has 1 aliphatic rings. The number of amides is 2. The fourth-order valence-corrected chi connectivity index (χ4v) is 5.53. The number of carbonyl (C=O) groups excluding carboxylic acids is 3. The molecule has 0 atom stereocenters. The molecule has 5 aromatic rings. The maximum atomic E-state index is 13.7. The van der Waals surface area contributed by atoms with Crippen LogP contribution in [0.4, 0.5) is 11.4 Å². The van der Waals surface area contributed by atoms with Crippen molar-refractivity contribution < 1.29 is 19.1 Å². The van der Waals surface area contributed by atoms with Gasteiger partial charge in [0.15, 0.2) is 5.82 Å². The predicted octanol–water partition coefficient (Wildman–Crippen LogP) is 2.95. The van der Waals surface area contributed by atoms with Gasteiger partial charge in [-0.15, -0.1) is 5.10 Å². The summed E-state index contributed by atoms with van der Waals surface area (Å²) < 4.78 is 6.57. The molecule has 0 saturated heterocycles. The minimum Gasteiger partial charge on any atom is -0.426 e. The highest BCUT2D eigenvalue weighted by Gasteiger charge is 2.35. The highest BCUT2D eigenvalue weighted by atomic mass is 32.1. The van der Waals surface area contributed by atoms with Crippen molar-refractivity contribution in [3.8, 4) is 17.1 Å². The summed E-state index contributed by atoms with van der Waals surface area (Å²) in [6.07, 6.45) is 0. The molecule has 1 aliphatic heterocycles. The summed E-state index contributed by atoms with van der Waals surface area (Å²) in [4.78, 5) is 57.6. The minimum absolute atomic E-state index is 0.175. The lowest BCUT2D eigenvalue weighted by atomic mass is 10.1. The van der Waals surface area contributed by atoms with Crippen LogP contribution >= 0.6 is 11.3 Å². The Kier molecular flexibility index (Phi) is 6.20. The Balaban J connectivity index is 1.38. The molecular formula is C29H21N5O5S. The topological polar surface area (TPSA) is 123 Å². The summed E-state index contributed by atoms with van der Waals surface area (Å²) in [7, 11) is 0. The van der Waals surface area contributed by atoms with Crippen LogP contribution in [0, 0.1) is 6.92 Å². The molecule has 40 heavy (non-hydrogen) atoms. The molecule has 0 spiro atoms. The summed E-state index contributed by atoms with van der Waals surface area (Å²) in [5.41, 5.74) is 2.92. The number of esters is 1. The molecule has 3 heterocycles. The lowest BCUT2D eigenvalue weighted by Gasteiger charge is -2.16. The maximum Gasteiger partial charge on any atom is 0.308 e. The van der Waals surface area contributed by atoms with Crippen LogP contribution in [0.15, 0.2) is 77.6 Å². The zero-order valence-electron chi connectivity index (χ0n) is 21.4. The lowest BCUT2D eigenvalue weighted by Crippen LogP contribution is -2.37. The molecule has 2 amide bonds. The number of hydrogen-bond donors (Lipinski definition) is 1. The number of thiazole rings is 1. The van der Waals surface area contributed by atoms with E-state index in [1.165, 1.54) is 11.8 Å². The highest BCUT2D eigenvalue weighted by molar-refractivity contribution is 7.15. The first-order valence-corrected chi connectivity index (χ1v) is 13.1. The van der Waals surface area contributed by atoms with Crippen LogP contribution in [0.1, 0.15) is 18.1 Å². The number of carbonyl (C=O) groups is 3. The first-order valence-electron chi connectivity index (χ1n) is 12.3. The Morgan fingerprint density at radius 3 is 2.38 bits per heavy atom. The first-order chi connectivity index (χ1) is 19.3. The number of anilines is 2. The molecule has 198 valence electrons.